The number of hydrogen-bond donors (Lipinski definition) is 0. The summed E-state index contributed by atoms with van der Waals surface area (Å²) in [6, 6.07) is 13.4. The number of anilines is 1. The van der Waals surface area contributed by atoms with Gasteiger partial charge in [0.15, 0.2) is 0 Å². The van der Waals surface area contributed by atoms with Crippen LogP contribution in [0.2, 0.25) is 5.02 Å². The molecule has 1 amide bonds. The number of piperazine rings is 1. The van der Waals surface area contributed by atoms with Crippen molar-refractivity contribution in [2.75, 3.05) is 31.1 Å². The molecule has 0 aliphatic carbocycles. The number of fused-ring (bicyclic) bond motifs is 1. The second-order valence-electron chi connectivity index (χ2n) is 11.7. The first-order valence-corrected chi connectivity index (χ1v) is 14.3. The molecule has 3 heterocycles. The molecule has 0 saturated carbocycles. The molecule has 5 rings (SSSR count). The highest BCUT2D eigenvalue weighted by Crippen LogP contribution is 2.30. The van der Waals surface area contributed by atoms with Crippen LogP contribution in [0.15, 0.2) is 59.7 Å². The molecule has 0 N–H and O–H groups in total. The van der Waals surface area contributed by atoms with Crippen LogP contribution in [0.4, 0.5) is 5.95 Å². The lowest BCUT2D eigenvalue weighted by atomic mass is 10.1. The van der Waals surface area contributed by atoms with Crippen LogP contribution in [0, 0.1) is 0 Å². The van der Waals surface area contributed by atoms with Crippen LogP contribution in [0.5, 0.6) is 0 Å². The monoisotopic (exact) mass is 576 g/mol. The van der Waals surface area contributed by atoms with E-state index in [1.54, 1.807) is 11.7 Å². The third-order valence-electron chi connectivity index (χ3n) is 7.65. The molecule has 41 heavy (non-hydrogen) atoms. The van der Waals surface area contributed by atoms with Gasteiger partial charge in [0.25, 0.3) is 5.56 Å². The molecule has 0 bridgehead atoms. The third kappa shape index (κ3) is 5.87. The minimum atomic E-state index is -0.354. The van der Waals surface area contributed by atoms with E-state index in [0.29, 0.717) is 36.0 Å². The number of hydrogen-bond acceptors (Lipinski definition) is 6. The molecule has 0 spiro atoms. The summed E-state index contributed by atoms with van der Waals surface area (Å²) in [5, 5.41) is 1.30. The molecule has 0 radical (unpaired) electrons. The number of benzene rings is 2. The van der Waals surface area contributed by atoms with Gasteiger partial charge >= 0.3 is 0 Å². The van der Waals surface area contributed by atoms with Crippen LogP contribution in [-0.4, -0.2) is 68.0 Å². The summed E-state index contributed by atoms with van der Waals surface area (Å²) in [6.07, 6.45) is 3.62. The predicted octanol–water partition coefficient (Wildman–Crippen LogP) is 4.91. The van der Waals surface area contributed by atoms with E-state index in [1.165, 1.54) is 0 Å². The number of rotatable bonds is 6. The highest BCUT2D eigenvalue weighted by molar-refractivity contribution is 6.31. The van der Waals surface area contributed by atoms with Crippen molar-refractivity contribution in [2.24, 2.45) is 7.05 Å². The smallest absolute Gasteiger partial charge is 0.274 e. The van der Waals surface area contributed by atoms with Crippen molar-refractivity contribution in [1.82, 2.24) is 24.2 Å². The maximum Gasteiger partial charge on any atom is 0.274 e. The van der Waals surface area contributed by atoms with Crippen LogP contribution in [0.25, 0.3) is 22.0 Å². The first-order valence-electron chi connectivity index (χ1n) is 13.9. The fourth-order valence-corrected chi connectivity index (χ4v) is 5.73. The third-order valence-corrected chi connectivity index (χ3v) is 7.99. The van der Waals surface area contributed by atoms with Crippen LogP contribution in [0.3, 0.4) is 0 Å². The van der Waals surface area contributed by atoms with Crippen molar-refractivity contribution in [3.63, 3.8) is 0 Å². The van der Waals surface area contributed by atoms with E-state index in [0.717, 1.165) is 22.2 Å². The van der Waals surface area contributed by atoms with Crippen molar-refractivity contribution in [3.05, 3.63) is 75.8 Å². The largest absolute Gasteiger partial charge is 0.366 e. The van der Waals surface area contributed by atoms with E-state index < -0.39 is 0 Å². The lowest BCUT2D eigenvalue weighted by molar-refractivity contribution is -0.143. The Morgan fingerprint density at radius 1 is 1.10 bits per heavy atom. The fraction of sp³-hybridized carbons (Fsp3) is 0.419. The van der Waals surface area contributed by atoms with Gasteiger partial charge in [0.05, 0.1) is 22.5 Å². The number of ether oxygens (including phenoxy) is 1. The van der Waals surface area contributed by atoms with E-state index >= 15 is 0 Å². The van der Waals surface area contributed by atoms with E-state index in [-0.39, 0.29) is 35.8 Å². The molecule has 2 atom stereocenters. The van der Waals surface area contributed by atoms with Gasteiger partial charge in [0.2, 0.25) is 11.9 Å². The Morgan fingerprint density at radius 3 is 2.46 bits per heavy atom. The average Bonchev–Trinajstić information content (AvgIpc) is 3.20. The quantitative estimate of drug-likeness (QED) is 0.324. The lowest BCUT2D eigenvalue weighted by Gasteiger charge is -2.40. The van der Waals surface area contributed by atoms with Gasteiger partial charge in [-0.1, -0.05) is 35.9 Å². The fourth-order valence-electron chi connectivity index (χ4n) is 5.43. The van der Waals surface area contributed by atoms with Crippen LogP contribution in [0.1, 0.15) is 46.2 Å². The Hall–Kier alpha value is -3.69. The zero-order valence-electron chi connectivity index (χ0n) is 24.5. The Labute approximate surface area is 245 Å². The maximum absolute atomic E-state index is 13.1. The van der Waals surface area contributed by atoms with Gasteiger partial charge in [-0.15, -0.1) is 0 Å². The molecule has 10 heteroatoms. The van der Waals surface area contributed by atoms with E-state index in [2.05, 4.69) is 14.9 Å². The minimum absolute atomic E-state index is 0.00183. The predicted molar refractivity (Wildman–Crippen MR) is 163 cm³/mol. The summed E-state index contributed by atoms with van der Waals surface area (Å²) in [5.41, 5.74) is 3.11. The molecular weight excluding hydrogens is 540 g/mol. The van der Waals surface area contributed by atoms with E-state index in [4.69, 9.17) is 16.3 Å². The molecule has 1 aliphatic heterocycles. The molecule has 4 aromatic rings. The molecule has 1 fully saturated rings. The highest BCUT2D eigenvalue weighted by atomic mass is 35.5. The number of nitrogens with zero attached hydrogens (tertiary/aromatic N) is 6. The number of amides is 1. The summed E-state index contributed by atoms with van der Waals surface area (Å²) < 4.78 is 9.31. The minimum Gasteiger partial charge on any atom is -0.366 e. The Bertz CT molecular complexity index is 1620. The Kier molecular flexibility index (Phi) is 7.94. The normalized spacial score (nSPS) is 16.8. The molecule has 2 aromatic carbocycles. The van der Waals surface area contributed by atoms with Crippen molar-refractivity contribution in [2.45, 2.75) is 52.3 Å². The van der Waals surface area contributed by atoms with Crippen molar-refractivity contribution < 1.29 is 9.53 Å². The van der Waals surface area contributed by atoms with Gasteiger partial charge in [-0.3, -0.25) is 19.0 Å². The molecule has 2 unspecified atom stereocenters. The second kappa shape index (κ2) is 11.3. The summed E-state index contributed by atoms with van der Waals surface area (Å²) in [4.78, 5) is 39.1. The van der Waals surface area contributed by atoms with Crippen LogP contribution >= 0.6 is 11.6 Å². The van der Waals surface area contributed by atoms with Gasteiger partial charge in [-0.05, 0) is 63.9 Å². The zero-order valence-corrected chi connectivity index (χ0v) is 25.2. The van der Waals surface area contributed by atoms with Gasteiger partial charge in [0.1, 0.15) is 6.61 Å². The standard InChI is InChI=1S/C31H37ClN6O3/c1-20-18-36(13-14-37(20)28(39)19-41-31(3,4)5)30-33-16-23(17-34-30)22-11-12-25-27(15-22)38(35(6)29(25)40)21(2)24-9-7-8-10-26(24)32/h7-12,15-17,20-21H,13-14,18-19H2,1-6H3. The summed E-state index contributed by atoms with van der Waals surface area (Å²) in [7, 11) is 1.78. The molecule has 1 saturated heterocycles. The first kappa shape index (κ1) is 28.8. The number of aromatic nitrogens is 4. The number of carbonyl (C=O) groups excluding carboxylic acids is 1. The first-order chi connectivity index (χ1) is 19.4. The van der Waals surface area contributed by atoms with Crippen molar-refractivity contribution in [1.29, 1.82) is 0 Å². The lowest BCUT2D eigenvalue weighted by Crippen LogP contribution is -2.55. The Morgan fingerprint density at radius 2 is 1.80 bits per heavy atom. The molecule has 216 valence electrons. The molecule has 1 aliphatic rings. The van der Waals surface area contributed by atoms with Gasteiger partial charge in [-0.25, -0.2) is 9.97 Å². The molecule has 2 aromatic heterocycles. The molecular formula is C31H37ClN6O3. The molecule has 9 nitrogen and oxygen atoms in total. The summed E-state index contributed by atoms with van der Waals surface area (Å²) in [6.45, 7) is 11.9. The highest BCUT2D eigenvalue weighted by Gasteiger charge is 2.29. The number of carbonyl (C=O) groups is 1. The van der Waals surface area contributed by atoms with Gasteiger partial charge in [-0.2, -0.15) is 0 Å². The average molecular weight is 577 g/mol. The SMILES string of the molecule is CC1CN(c2ncc(-c3ccc4c(=O)n(C)n(C(C)c5ccccc5Cl)c4c3)cn2)CCN1C(=O)COC(C)(C)C. The van der Waals surface area contributed by atoms with Crippen LogP contribution < -0.4 is 10.5 Å². The maximum atomic E-state index is 13.1. The number of halogens is 1. The zero-order chi connectivity index (χ0) is 29.5. The Balaban J connectivity index is 1.35. The van der Waals surface area contributed by atoms with Gasteiger partial charge < -0.3 is 14.5 Å². The van der Waals surface area contributed by atoms with Crippen molar-refractivity contribution >= 4 is 34.4 Å². The van der Waals surface area contributed by atoms with Crippen molar-refractivity contribution in [3.8, 4) is 11.1 Å². The topological polar surface area (TPSA) is 85.5 Å². The van der Waals surface area contributed by atoms with Crippen LogP contribution in [-0.2, 0) is 16.6 Å². The van der Waals surface area contributed by atoms with E-state index in [9.17, 15) is 9.59 Å². The summed E-state index contributed by atoms with van der Waals surface area (Å²) >= 11 is 6.50. The van der Waals surface area contributed by atoms with Gasteiger partial charge in [0, 0.05) is 55.7 Å². The summed E-state index contributed by atoms with van der Waals surface area (Å²) in [5.74, 6) is 0.630. The van der Waals surface area contributed by atoms with E-state index in [1.807, 2.05) is 99.1 Å². The second-order valence-corrected chi connectivity index (χ2v) is 12.1.